The molecule has 0 saturated heterocycles. The van der Waals surface area contributed by atoms with Crippen LogP contribution in [-0.4, -0.2) is 17.3 Å². The lowest BCUT2D eigenvalue weighted by Crippen LogP contribution is -2.27. The zero-order chi connectivity index (χ0) is 14.2. The van der Waals surface area contributed by atoms with Crippen LogP contribution in [0.1, 0.15) is 31.4 Å². The second-order valence-electron chi connectivity index (χ2n) is 4.93. The van der Waals surface area contributed by atoms with Crippen LogP contribution < -0.4 is 5.73 Å². The number of benzene rings is 1. The molecule has 2 aromatic rings. The van der Waals surface area contributed by atoms with Gasteiger partial charge in [0.05, 0.1) is 5.92 Å². The van der Waals surface area contributed by atoms with Gasteiger partial charge in [0.1, 0.15) is 0 Å². The first-order valence-electron chi connectivity index (χ1n) is 6.22. The lowest BCUT2D eigenvalue weighted by Gasteiger charge is -2.18. The number of nitrogens with two attached hydrogens (primary N) is 1. The number of para-hydroxylation sites is 1. The number of aromatic nitrogens is 1. The summed E-state index contributed by atoms with van der Waals surface area (Å²) in [7, 11) is 0. The Bertz CT molecular complexity index is 570. The summed E-state index contributed by atoms with van der Waals surface area (Å²) in [5.41, 5.74) is 6.42. The summed E-state index contributed by atoms with van der Waals surface area (Å²) in [6.45, 7) is 3.46. The van der Waals surface area contributed by atoms with Gasteiger partial charge in [0.15, 0.2) is 0 Å². The molecule has 104 valence electrons. The molecule has 0 amide bonds. The van der Waals surface area contributed by atoms with Crippen molar-refractivity contribution < 1.29 is 13.2 Å². The van der Waals surface area contributed by atoms with Crippen molar-refractivity contribution in [1.82, 2.24) is 4.57 Å². The van der Waals surface area contributed by atoms with Crippen molar-refractivity contribution in [3.05, 3.63) is 36.0 Å². The third-order valence-electron chi connectivity index (χ3n) is 3.33. The highest BCUT2D eigenvalue weighted by atomic mass is 19.4. The van der Waals surface area contributed by atoms with E-state index < -0.39 is 18.6 Å². The van der Waals surface area contributed by atoms with E-state index in [2.05, 4.69) is 0 Å². The molecular weight excluding hydrogens is 253 g/mol. The zero-order valence-electron chi connectivity index (χ0n) is 10.9. The van der Waals surface area contributed by atoms with E-state index in [0.717, 1.165) is 5.52 Å². The molecule has 5 heteroatoms. The second-order valence-corrected chi connectivity index (χ2v) is 4.93. The largest absolute Gasteiger partial charge is 0.397 e. The maximum Gasteiger partial charge on any atom is 0.397 e. The molecule has 1 unspecified atom stereocenters. The Morgan fingerprint density at radius 1 is 1.21 bits per heavy atom. The Morgan fingerprint density at radius 3 is 2.37 bits per heavy atom. The monoisotopic (exact) mass is 270 g/mol. The Morgan fingerprint density at radius 2 is 1.84 bits per heavy atom. The molecule has 1 atom stereocenters. The van der Waals surface area contributed by atoms with Crippen LogP contribution in [0.4, 0.5) is 13.2 Å². The molecule has 19 heavy (non-hydrogen) atoms. The number of nitrogens with zero attached hydrogens (tertiary/aromatic N) is 1. The summed E-state index contributed by atoms with van der Waals surface area (Å²) in [6.07, 6.45) is -2.74. The van der Waals surface area contributed by atoms with Crippen LogP contribution in [0.25, 0.3) is 10.9 Å². The van der Waals surface area contributed by atoms with Gasteiger partial charge in [0, 0.05) is 29.7 Å². The fourth-order valence-electron chi connectivity index (χ4n) is 2.37. The molecule has 0 fully saturated rings. The molecule has 1 heterocycles. The Balaban J connectivity index is 2.67. The molecule has 0 spiro atoms. The molecule has 0 aliphatic heterocycles. The van der Waals surface area contributed by atoms with E-state index >= 15 is 0 Å². The van der Waals surface area contributed by atoms with E-state index in [1.165, 1.54) is 0 Å². The molecule has 2 N–H and O–H groups in total. The van der Waals surface area contributed by atoms with Crippen LogP contribution in [0.15, 0.2) is 30.5 Å². The zero-order valence-corrected chi connectivity index (χ0v) is 10.9. The molecule has 0 aliphatic rings. The summed E-state index contributed by atoms with van der Waals surface area (Å²) >= 11 is 0. The summed E-state index contributed by atoms with van der Waals surface area (Å²) in [5.74, 6) is -1.61. The second kappa shape index (κ2) is 4.89. The fourth-order valence-corrected chi connectivity index (χ4v) is 2.37. The SMILES string of the molecule is CC(C)n1cc(C(CN)C(F)(F)F)c2ccccc21. The third kappa shape index (κ3) is 2.47. The number of fused-ring (bicyclic) bond motifs is 1. The quantitative estimate of drug-likeness (QED) is 0.903. The van der Waals surface area contributed by atoms with E-state index in [0.29, 0.717) is 5.39 Å². The summed E-state index contributed by atoms with van der Waals surface area (Å²) in [5, 5.41) is 0.629. The van der Waals surface area contributed by atoms with Gasteiger partial charge in [-0.1, -0.05) is 18.2 Å². The van der Waals surface area contributed by atoms with Crippen LogP contribution in [0, 0.1) is 0 Å². The van der Waals surface area contributed by atoms with Gasteiger partial charge in [-0.15, -0.1) is 0 Å². The molecule has 2 nitrogen and oxygen atoms in total. The molecule has 0 aliphatic carbocycles. The maximum atomic E-state index is 13.1. The lowest BCUT2D eigenvalue weighted by molar-refractivity contribution is -0.147. The highest BCUT2D eigenvalue weighted by Gasteiger charge is 2.41. The van der Waals surface area contributed by atoms with E-state index in [1.807, 2.05) is 30.5 Å². The van der Waals surface area contributed by atoms with E-state index in [9.17, 15) is 13.2 Å². The van der Waals surface area contributed by atoms with Crippen molar-refractivity contribution in [1.29, 1.82) is 0 Å². The molecule has 1 aromatic heterocycles. The van der Waals surface area contributed by atoms with Crippen LogP contribution in [0.2, 0.25) is 0 Å². The van der Waals surface area contributed by atoms with Gasteiger partial charge in [-0.3, -0.25) is 0 Å². The number of hydrogen-bond donors (Lipinski definition) is 1. The minimum absolute atomic E-state index is 0.102. The van der Waals surface area contributed by atoms with Crippen LogP contribution in [0.3, 0.4) is 0 Å². The molecule has 1 aromatic carbocycles. The van der Waals surface area contributed by atoms with Gasteiger partial charge in [-0.2, -0.15) is 13.2 Å². The van der Waals surface area contributed by atoms with Gasteiger partial charge in [-0.25, -0.2) is 0 Å². The number of hydrogen-bond acceptors (Lipinski definition) is 1. The fraction of sp³-hybridized carbons (Fsp3) is 0.429. The molecule has 0 radical (unpaired) electrons. The van der Waals surface area contributed by atoms with Gasteiger partial charge < -0.3 is 10.3 Å². The molecule has 0 bridgehead atoms. The normalized spacial score (nSPS) is 14.3. The highest BCUT2D eigenvalue weighted by molar-refractivity contribution is 5.84. The van der Waals surface area contributed by atoms with Gasteiger partial charge in [0.2, 0.25) is 0 Å². The highest BCUT2D eigenvalue weighted by Crippen LogP contribution is 2.38. The Hall–Kier alpha value is -1.49. The first kappa shape index (κ1) is 13.9. The van der Waals surface area contributed by atoms with Crippen LogP contribution in [-0.2, 0) is 0 Å². The van der Waals surface area contributed by atoms with E-state index in [-0.39, 0.29) is 11.6 Å². The van der Waals surface area contributed by atoms with E-state index in [1.54, 1.807) is 18.3 Å². The minimum Gasteiger partial charge on any atom is -0.345 e. The molecule has 0 saturated carbocycles. The maximum absolute atomic E-state index is 13.1. The summed E-state index contributed by atoms with van der Waals surface area (Å²) < 4.78 is 41.0. The average molecular weight is 270 g/mol. The van der Waals surface area contributed by atoms with Crippen molar-refractivity contribution in [2.24, 2.45) is 5.73 Å². The predicted molar refractivity (Wildman–Crippen MR) is 70.2 cm³/mol. The average Bonchev–Trinajstić information content (AvgIpc) is 2.68. The van der Waals surface area contributed by atoms with E-state index in [4.69, 9.17) is 5.73 Å². The van der Waals surface area contributed by atoms with Crippen molar-refractivity contribution in [2.45, 2.75) is 32.0 Å². The summed E-state index contributed by atoms with van der Waals surface area (Å²) in [6, 6.07) is 7.24. The van der Waals surface area contributed by atoms with Crippen molar-refractivity contribution in [2.75, 3.05) is 6.54 Å². The topological polar surface area (TPSA) is 30.9 Å². The smallest absolute Gasteiger partial charge is 0.345 e. The number of rotatable bonds is 3. The van der Waals surface area contributed by atoms with Crippen molar-refractivity contribution >= 4 is 10.9 Å². The molecule has 2 rings (SSSR count). The molecular formula is C14H17F3N2. The van der Waals surface area contributed by atoms with Crippen molar-refractivity contribution in [3.8, 4) is 0 Å². The standard InChI is InChI=1S/C14H17F3N2/c1-9(2)19-8-11(12(7-18)14(15,16)17)10-5-3-4-6-13(10)19/h3-6,8-9,12H,7,18H2,1-2H3. The minimum atomic E-state index is -4.32. The first-order valence-corrected chi connectivity index (χ1v) is 6.22. The third-order valence-corrected chi connectivity index (χ3v) is 3.33. The van der Waals surface area contributed by atoms with Gasteiger partial charge in [0.25, 0.3) is 0 Å². The van der Waals surface area contributed by atoms with Crippen LogP contribution in [0.5, 0.6) is 0 Å². The van der Waals surface area contributed by atoms with Crippen LogP contribution >= 0.6 is 0 Å². The number of alkyl halides is 3. The first-order chi connectivity index (χ1) is 8.86. The predicted octanol–water partition coefficient (Wildman–Crippen LogP) is 3.83. The Kier molecular flexibility index (Phi) is 3.58. The van der Waals surface area contributed by atoms with Crippen molar-refractivity contribution in [3.63, 3.8) is 0 Å². The van der Waals surface area contributed by atoms with Gasteiger partial charge in [-0.05, 0) is 25.5 Å². The Labute approximate surface area is 110 Å². The summed E-state index contributed by atoms with van der Waals surface area (Å²) in [4.78, 5) is 0. The lowest BCUT2D eigenvalue weighted by atomic mass is 9.98. The number of halogens is 3. The van der Waals surface area contributed by atoms with Gasteiger partial charge >= 0.3 is 6.18 Å².